The Morgan fingerprint density at radius 3 is 2.68 bits per heavy atom. The van der Waals surface area contributed by atoms with Crippen LogP contribution in [0.5, 0.6) is 0 Å². The molecular formula is C15H23N3O. The molecule has 4 heteroatoms. The van der Waals surface area contributed by atoms with Gasteiger partial charge in [-0.3, -0.25) is 9.69 Å². The van der Waals surface area contributed by atoms with Crippen LogP contribution in [0.3, 0.4) is 0 Å². The number of rotatable bonds is 4. The minimum absolute atomic E-state index is 0.187. The number of nitrogens with zero attached hydrogens (tertiary/aromatic N) is 2. The third-order valence-corrected chi connectivity index (χ3v) is 3.74. The van der Waals surface area contributed by atoms with Crippen molar-refractivity contribution in [2.45, 2.75) is 19.9 Å². The topological polar surface area (TPSA) is 35.6 Å². The first kappa shape index (κ1) is 13.9. The molecule has 1 saturated heterocycles. The second-order valence-electron chi connectivity index (χ2n) is 5.04. The molecule has 1 heterocycles. The molecule has 0 bridgehead atoms. The van der Waals surface area contributed by atoms with Crippen molar-refractivity contribution in [2.75, 3.05) is 38.0 Å². The molecule has 1 aliphatic heterocycles. The Labute approximate surface area is 115 Å². The fourth-order valence-electron chi connectivity index (χ4n) is 2.54. The number of carbonyl (C=O) groups is 1. The van der Waals surface area contributed by atoms with E-state index in [2.05, 4.69) is 24.1 Å². The van der Waals surface area contributed by atoms with E-state index >= 15 is 0 Å². The summed E-state index contributed by atoms with van der Waals surface area (Å²) in [5.74, 6) is 0.187. The van der Waals surface area contributed by atoms with E-state index in [1.165, 1.54) is 0 Å². The molecule has 2 rings (SSSR count). The zero-order valence-corrected chi connectivity index (χ0v) is 11.8. The highest BCUT2D eigenvalue weighted by atomic mass is 16.2. The van der Waals surface area contributed by atoms with Crippen LogP contribution in [0.25, 0.3) is 0 Å². The van der Waals surface area contributed by atoms with Gasteiger partial charge in [0.25, 0.3) is 0 Å². The highest BCUT2D eigenvalue weighted by Gasteiger charge is 2.25. The van der Waals surface area contributed by atoms with Gasteiger partial charge in [0.1, 0.15) is 0 Å². The molecule has 1 N–H and O–H groups in total. The monoisotopic (exact) mass is 261 g/mol. The second-order valence-corrected chi connectivity index (χ2v) is 5.04. The van der Waals surface area contributed by atoms with E-state index in [9.17, 15) is 4.79 Å². The van der Waals surface area contributed by atoms with Gasteiger partial charge in [-0.05, 0) is 25.6 Å². The van der Waals surface area contributed by atoms with E-state index in [1.54, 1.807) is 0 Å². The molecule has 1 aliphatic rings. The van der Waals surface area contributed by atoms with Crippen molar-refractivity contribution in [1.82, 2.24) is 9.80 Å². The summed E-state index contributed by atoms with van der Waals surface area (Å²) < 4.78 is 0. The molecule has 1 unspecified atom stereocenters. The Morgan fingerprint density at radius 1 is 1.32 bits per heavy atom. The van der Waals surface area contributed by atoms with Crippen LogP contribution >= 0.6 is 0 Å². The number of para-hydroxylation sites is 1. The van der Waals surface area contributed by atoms with E-state index in [0.29, 0.717) is 12.6 Å². The third-order valence-electron chi connectivity index (χ3n) is 3.74. The van der Waals surface area contributed by atoms with Crippen LogP contribution < -0.4 is 5.32 Å². The highest BCUT2D eigenvalue weighted by Crippen LogP contribution is 2.10. The number of nitrogens with one attached hydrogen (secondary N) is 1. The second kappa shape index (κ2) is 6.57. The lowest BCUT2D eigenvalue weighted by molar-refractivity contribution is -0.132. The van der Waals surface area contributed by atoms with Crippen LogP contribution in [0.15, 0.2) is 30.3 Å². The highest BCUT2D eigenvalue weighted by molar-refractivity contribution is 5.81. The van der Waals surface area contributed by atoms with Crippen LogP contribution in [0.1, 0.15) is 13.8 Å². The van der Waals surface area contributed by atoms with Gasteiger partial charge < -0.3 is 10.2 Å². The van der Waals surface area contributed by atoms with Crippen molar-refractivity contribution in [3.8, 4) is 0 Å². The maximum Gasteiger partial charge on any atom is 0.241 e. The molecule has 1 fully saturated rings. The number of piperazine rings is 1. The maximum atomic E-state index is 12.2. The summed E-state index contributed by atoms with van der Waals surface area (Å²) in [4.78, 5) is 16.5. The SMILES string of the molecule is CCN1CCN(C(=O)CNc2ccccc2)CC1C. The number of anilines is 1. The summed E-state index contributed by atoms with van der Waals surface area (Å²) in [5, 5.41) is 3.18. The molecular weight excluding hydrogens is 238 g/mol. The van der Waals surface area contributed by atoms with Gasteiger partial charge in [-0.2, -0.15) is 0 Å². The summed E-state index contributed by atoms with van der Waals surface area (Å²) in [6, 6.07) is 10.3. The molecule has 4 nitrogen and oxygen atoms in total. The normalized spacial score (nSPS) is 20.3. The minimum Gasteiger partial charge on any atom is -0.376 e. The standard InChI is InChI=1S/C15H23N3O/c1-3-17-9-10-18(12-13(17)2)15(19)11-16-14-7-5-4-6-8-14/h4-8,13,16H,3,9-12H2,1-2H3. The number of hydrogen-bond donors (Lipinski definition) is 1. The molecule has 19 heavy (non-hydrogen) atoms. The van der Waals surface area contributed by atoms with E-state index in [-0.39, 0.29) is 5.91 Å². The number of carbonyl (C=O) groups excluding carboxylic acids is 1. The first-order valence-corrected chi connectivity index (χ1v) is 7.01. The third kappa shape index (κ3) is 3.70. The van der Waals surface area contributed by atoms with Crippen LogP contribution in [0.4, 0.5) is 5.69 Å². The van der Waals surface area contributed by atoms with Gasteiger partial charge in [0.05, 0.1) is 6.54 Å². The van der Waals surface area contributed by atoms with Crippen molar-refractivity contribution in [3.05, 3.63) is 30.3 Å². The Balaban J connectivity index is 1.81. The molecule has 1 aromatic rings. The fraction of sp³-hybridized carbons (Fsp3) is 0.533. The molecule has 0 aromatic heterocycles. The molecule has 1 aromatic carbocycles. The largest absolute Gasteiger partial charge is 0.376 e. The van der Waals surface area contributed by atoms with Crippen molar-refractivity contribution in [1.29, 1.82) is 0 Å². The predicted molar refractivity (Wildman–Crippen MR) is 78.2 cm³/mol. The van der Waals surface area contributed by atoms with Crippen molar-refractivity contribution >= 4 is 11.6 Å². The number of hydrogen-bond acceptors (Lipinski definition) is 3. The molecule has 0 aliphatic carbocycles. The summed E-state index contributed by atoms with van der Waals surface area (Å²) in [7, 11) is 0. The quantitative estimate of drug-likeness (QED) is 0.895. The molecule has 0 spiro atoms. The Bertz CT molecular complexity index is 407. The molecule has 0 saturated carbocycles. The number of likely N-dealkylation sites (N-methyl/N-ethyl adjacent to an activating group) is 1. The van der Waals surface area contributed by atoms with Gasteiger partial charge in [0.15, 0.2) is 0 Å². The van der Waals surface area contributed by atoms with Gasteiger partial charge >= 0.3 is 0 Å². The van der Waals surface area contributed by atoms with Gasteiger partial charge in [0, 0.05) is 31.4 Å². The van der Waals surface area contributed by atoms with Gasteiger partial charge in [-0.15, -0.1) is 0 Å². The summed E-state index contributed by atoms with van der Waals surface area (Å²) >= 11 is 0. The zero-order valence-electron chi connectivity index (χ0n) is 11.8. The van der Waals surface area contributed by atoms with Gasteiger partial charge in [0.2, 0.25) is 5.91 Å². The first-order valence-electron chi connectivity index (χ1n) is 7.01. The fourth-order valence-corrected chi connectivity index (χ4v) is 2.54. The molecule has 0 radical (unpaired) electrons. The van der Waals surface area contributed by atoms with Crippen LogP contribution in [-0.4, -0.2) is 54.5 Å². The number of benzene rings is 1. The van der Waals surface area contributed by atoms with Crippen LogP contribution in [0, 0.1) is 0 Å². The van der Waals surface area contributed by atoms with Crippen molar-refractivity contribution in [3.63, 3.8) is 0 Å². The minimum atomic E-state index is 0.187. The average molecular weight is 261 g/mol. The van der Waals surface area contributed by atoms with Gasteiger partial charge in [-0.25, -0.2) is 0 Å². The van der Waals surface area contributed by atoms with Crippen LogP contribution in [-0.2, 0) is 4.79 Å². The molecule has 1 atom stereocenters. The number of amides is 1. The first-order chi connectivity index (χ1) is 9.20. The lowest BCUT2D eigenvalue weighted by Crippen LogP contribution is -2.54. The predicted octanol–water partition coefficient (Wildman–Crippen LogP) is 1.65. The Kier molecular flexibility index (Phi) is 4.80. The zero-order chi connectivity index (χ0) is 13.7. The Morgan fingerprint density at radius 2 is 2.05 bits per heavy atom. The smallest absolute Gasteiger partial charge is 0.241 e. The van der Waals surface area contributed by atoms with Crippen LogP contribution in [0.2, 0.25) is 0 Å². The average Bonchev–Trinajstić information content (AvgIpc) is 2.45. The Hall–Kier alpha value is -1.55. The van der Waals surface area contributed by atoms with Crippen molar-refractivity contribution in [2.24, 2.45) is 0 Å². The summed E-state index contributed by atoms with van der Waals surface area (Å²) in [6.07, 6.45) is 0. The summed E-state index contributed by atoms with van der Waals surface area (Å²) in [5.41, 5.74) is 0.996. The molecule has 104 valence electrons. The van der Waals surface area contributed by atoms with E-state index in [0.717, 1.165) is 31.9 Å². The maximum absolute atomic E-state index is 12.2. The lowest BCUT2D eigenvalue weighted by atomic mass is 10.2. The lowest BCUT2D eigenvalue weighted by Gasteiger charge is -2.39. The van der Waals surface area contributed by atoms with E-state index in [1.807, 2.05) is 35.2 Å². The van der Waals surface area contributed by atoms with Gasteiger partial charge in [-0.1, -0.05) is 25.1 Å². The summed E-state index contributed by atoms with van der Waals surface area (Å²) in [6.45, 7) is 8.46. The van der Waals surface area contributed by atoms with Crippen molar-refractivity contribution < 1.29 is 4.79 Å². The van der Waals surface area contributed by atoms with E-state index < -0.39 is 0 Å². The molecule has 1 amide bonds. The van der Waals surface area contributed by atoms with E-state index in [4.69, 9.17) is 0 Å².